The van der Waals surface area contributed by atoms with E-state index in [1.165, 1.54) is 4.90 Å². The summed E-state index contributed by atoms with van der Waals surface area (Å²) in [6.45, 7) is 3.58. The first-order valence-electron chi connectivity index (χ1n) is 6.66. The average Bonchev–Trinajstić information content (AvgIpc) is 2.46. The Bertz CT molecular complexity index is 498. The minimum absolute atomic E-state index is 0.0642. The van der Waals surface area contributed by atoms with E-state index in [-0.39, 0.29) is 11.8 Å². The summed E-state index contributed by atoms with van der Waals surface area (Å²) in [6.07, 6.45) is 1.57. The van der Waals surface area contributed by atoms with Gasteiger partial charge in [-0.1, -0.05) is 0 Å². The van der Waals surface area contributed by atoms with Gasteiger partial charge in [-0.25, -0.2) is 0 Å². The van der Waals surface area contributed by atoms with E-state index in [4.69, 9.17) is 0 Å². The van der Waals surface area contributed by atoms with E-state index < -0.39 is 6.04 Å². The lowest BCUT2D eigenvalue weighted by atomic mass is 10.1. The van der Waals surface area contributed by atoms with Gasteiger partial charge >= 0.3 is 0 Å². The Balaban J connectivity index is 2.21. The molecule has 108 valence electrons. The van der Waals surface area contributed by atoms with Crippen molar-refractivity contribution in [2.24, 2.45) is 0 Å². The topological polar surface area (TPSA) is 65.5 Å². The van der Waals surface area contributed by atoms with E-state index in [1.54, 1.807) is 37.3 Å². The fraction of sp³-hybridized carbons (Fsp3) is 0.500. The van der Waals surface area contributed by atoms with E-state index in [1.807, 2.05) is 6.92 Å². The lowest BCUT2D eigenvalue weighted by Gasteiger charge is -2.36. The summed E-state index contributed by atoms with van der Waals surface area (Å²) < 4.78 is 0. The van der Waals surface area contributed by atoms with Crippen molar-refractivity contribution < 1.29 is 9.59 Å². The van der Waals surface area contributed by atoms with Crippen molar-refractivity contribution in [3.8, 4) is 0 Å². The van der Waals surface area contributed by atoms with Gasteiger partial charge in [0.25, 0.3) is 5.91 Å². The molecule has 1 fully saturated rings. The maximum atomic E-state index is 12.5. The average molecular weight is 276 g/mol. The summed E-state index contributed by atoms with van der Waals surface area (Å²) >= 11 is 0. The van der Waals surface area contributed by atoms with Crippen LogP contribution < -0.4 is 5.32 Å². The quantitative estimate of drug-likeness (QED) is 0.819. The van der Waals surface area contributed by atoms with Crippen LogP contribution in [-0.2, 0) is 4.79 Å². The lowest BCUT2D eigenvalue weighted by molar-refractivity contribution is -0.134. The van der Waals surface area contributed by atoms with E-state index in [2.05, 4.69) is 10.3 Å². The predicted molar refractivity (Wildman–Crippen MR) is 75.4 cm³/mol. The Morgan fingerprint density at radius 1 is 1.40 bits per heavy atom. The SMILES string of the molecule is Cc1ccc(C(=O)N2CCNCC2C(=O)N(C)C)cn1. The molecule has 1 saturated heterocycles. The Kier molecular flexibility index (Phi) is 4.34. The molecule has 0 aromatic carbocycles. The van der Waals surface area contributed by atoms with E-state index in [0.29, 0.717) is 25.2 Å². The summed E-state index contributed by atoms with van der Waals surface area (Å²) in [5, 5.41) is 3.16. The lowest BCUT2D eigenvalue weighted by Crippen LogP contribution is -2.59. The van der Waals surface area contributed by atoms with Gasteiger partial charge in [0.05, 0.1) is 5.56 Å². The highest BCUT2D eigenvalue weighted by Crippen LogP contribution is 2.12. The second-order valence-electron chi connectivity index (χ2n) is 5.14. The molecule has 6 nitrogen and oxygen atoms in total. The molecule has 0 radical (unpaired) electrons. The molecular formula is C14H20N4O2. The van der Waals surface area contributed by atoms with Crippen molar-refractivity contribution in [1.82, 2.24) is 20.1 Å². The third-order valence-electron chi connectivity index (χ3n) is 3.39. The van der Waals surface area contributed by atoms with Crippen molar-refractivity contribution in [3.05, 3.63) is 29.6 Å². The number of amides is 2. The third-order valence-corrected chi connectivity index (χ3v) is 3.39. The highest BCUT2D eigenvalue weighted by Gasteiger charge is 2.33. The smallest absolute Gasteiger partial charge is 0.256 e. The van der Waals surface area contributed by atoms with Crippen molar-refractivity contribution in [1.29, 1.82) is 0 Å². The van der Waals surface area contributed by atoms with Gasteiger partial charge in [0.15, 0.2) is 0 Å². The number of nitrogens with zero attached hydrogens (tertiary/aromatic N) is 3. The molecule has 1 N–H and O–H groups in total. The molecule has 1 atom stereocenters. The van der Waals surface area contributed by atoms with Gasteiger partial charge < -0.3 is 15.1 Å². The van der Waals surface area contributed by atoms with Crippen LogP contribution in [0.15, 0.2) is 18.3 Å². The van der Waals surface area contributed by atoms with E-state index in [9.17, 15) is 9.59 Å². The summed E-state index contributed by atoms with van der Waals surface area (Å²) in [5.74, 6) is -0.204. The molecule has 0 bridgehead atoms. The Morgan fingerprint density at radius 2 is 2.15 bits per heavy atom. The second-order valence-corrected chi connectivity index (χ2v) is 5.14. The van der Waals surface area contributed by atoms with Crippen LogP contribution in [0, 0.1) is 6.92 Å². The van der Waals surface area contributed by atoms with E-state index in [0.717, 1.165) is 5.69 Å². The minimum Gasteiger partial charge on any atom is -0.347 e. The van der Waals surface area contributed by atoms with Crippen molar-refractivity contribution >= 4 is 11.8 Å². The van der Waals surface area contributed by atoms with E-state index >= 15 is 0 Å². The summed E-state index contributed by atoms with van der Waals surface area (Å²) in [4.78, 5) is 32.0. The minimum atomic E-state index is -0.451. The van der Waals surface area contributed by atoms with Crippen LogP contribution in [0.4, 0.5) is 0 Å². The maximum Gasteiger partial charge on any atom is 0.256 e. The van der Waals surface area contributed by atoms with Crippen LogP contribution in [0.3, 0.4) is 0 Å². The summed E-state index contributed by atoms with van der Waals surface area (Å²) in [6, 6.07) is 3.11. The second kappa shape index (κ2) is 6.00. The summed E-state index contributed by atoms with van der Waals surface area (Å²) in [5.41, 5.74) is 1.39. The predicted octanol–water partition coefficient (Wildman–Crippen LogP) is -0.108. The van der Waals surface area contributed by atoms with Gasteiger partial charge in [-0.2, -0.15) is 0 Å². The van der Waals surface area contributed by atoms with Crippen LogP contribution >= 0.6 is 0 Å². The van der Waals surface area contributed by atoms with Crippen LogP contribution in [0.5, 0.6) is 0 Å². The standard InChI is InChI=1S/C14H20N4O2/c1-10-4-5-11(8-16-10)13(19)18-7-6-15-9-12(18)14(20)17(2)3/h4-5,8,12,15H,6-7,9H2,1-3H3. The number of hydrogen-bond donors (Lipinski definition) is 1. The highest BCUT2D eigenvalue weighted by molar-refractivity contribution is 5.97. The zero-order valence-corrected chi connectivity index (χ0v) is 12.1. The molecule has 20 heavy (non-hydrogen) atoms. The molecule has 2 heterocycles. The molecule has 1 aromatic rings. The first-order chi connectivity index (χ1) is 9.50. The number of aromatic nitrogens is 1. The number of pyridine rings is 1. The molecule has 6 heteroatoms. The molecular weight excluding hydrogens is 256 g/mol. The molecule has 2 amide bonds. The van der Waals surface area contributed by atoms with Crippen molar-refractivity contribution in [3.63, 3.8) is 0 Å². The molecule has 1 aromatic heterocycles. The summed E-state index contributed by atoms with van der Waals surface area (Å²) in [7, 11) is 3.40. The van der Waals surface area contributed by atoms with Gasteiger partial charge in [-0.15, -0.1) is 0 Å². The molecule has 1 unspecified atom stereocenters. The molecule has 1 aliphatic heterocycles. The number of aryl methyl sites for hydroxylation is 1. The van der Waals surface area contributed by atoms with Crippen LogP contribution in [-0.4, -0.2) is 66.4 Å². The van der Waals surface area contributed by atoms with Gasteiger partial charge in [0.2, 0.25) is 5.91 Å². The van der Waals surface area contributed by atoms with Crippen LogP contribution in [0.25, 0.3) is 0 Å². The fourth-order valence-corrected chi connectivity index (χ4v) is 2.23. The van der Waals surface area contributed by atoms with Gasteiger partial charge in [-0.3, -0.25) is 14.6 Å². The van der Waals surface area contributed by atoms with Crippen LogP contribution in [0.1, 0.15) is 16.1 Å². The highest BCUT2D eigenvalue weighted by atomic mass is 16.2. The number of carbonyl (C=O) groups is 2. The molecule has 0 aliphatic carbocycles. The Hall–Kier alpha value is -1.95. The zero-order chi connectivity index (χ0) is 14.7. The number of piperazine rings is 1. The fourth-order valence-electron chi connectivity index (χ4n) is 2.23. The maximum absolute atomic E-state index is 12.5. The number of carbonyl (C=O) groups excluding carboxylic acids is 2. The first kappa shape index (κ1) is 14.5. The number of nitrogens with one attached hydrogen (secondary N) is 1. The van der Waals surface area contributed by atoms with Crippen molar-refractivity contribution in [2.75, 3.05) is 33.7 Å². The zero-order valence-electron chi connectivity index (χ0n) is 12.1. The third kappa shape index (κ3) is 2.96. The number of hydrogen-bond acceptors (Lipinski definition) is 4. The number of rotatable bonds is 2. The normalized spacial score (nSPS) is 18.8. The van der Waals surface area contributed by atoms with Gasteiger partial charge in [0.1, 0.15) is 6.04 Å². The first-order valence-corrected chi connectivity index (χ1v) is 6.66. The molecule has 0 spiro atoms. The van der Waals surface area contributed by atoms with Gasteiger partial charge in [-0.05, 0) is 19.1 Å². The molecule has 0 saturated carbocycles. The Labute approximate surface area is 118 Å². The van der Waals surface area contributed by atoms with Crippen LogP contribution in [0.2, 0.25) is 0 Å². The molecule has 1 aliphatic rings. The largest absolute Gasteiger partial charge is 0.347 e. The number of likely N-dealkylation sites (N-methyl/N-ethyl adjacent to an activating group) is 1. The molecule has 2 rings (SSSR count). The Morgan fingerprint density at radius 3 is 2.75 bits per heavy atom. The monoisotopic (exact) mass is 276 g/mol. The van der Waals surface area contributed by atoms with Crippen molar-refractivity contribution in [2.45, 2.75) is 13.0 Å². The van der Waals surface area contributed by atoms with Gasteiger partial charge in [0, 0.05) is 45.6 Å².